The highest BCUT2D eigenvalue weighted by Crippen LogP contribution is 2.20. The van der Waals surface area contributed by atoms with E-state index in [2.05, 4.69) is 5.32 Å². The Labute approximate surface area is 176 Å². The molecule has 30 heavy (non-hydrogen) atoms. The van der Waals surface area contributed by atoms with Crippen molar-refractivity contribution in [3.8, 4) is 5.75 Å². The summed E-state index contributed by atoms with van der Waals surface area (Å²) in [6, 6.07) is 14.0. The second-order valence-electron chi connectivity index (χ2n) is 7.49. The molecule has 1 aliphatic heterocycles. The van der Waals surface area contributed by atoms with Gasteiger partial charge in [-0.2, -0.15) is 0 Å². The van der Waals surface area contributed by atoms with Crippen molar-refractivity contribution in [3.63, 3.8) is 0 Å². The van der Waals surface area contributed by atoms with Crippen molar-refractivity contribution < 1.29 is 18.7 Å². The number of amides is 2. The summed E-state index contributed by atoms with van der Waals surface area (Å²) >= 11 is 0. The molecule has 0 aliphatic carbocycles. The van der Waals surface area contributed by atoms with E-state index in [9.17, 15) is 14.0 Å². The Morgan fingerprint density at radius 1 is 1.27 bits per heavy atom. The van der Waals surface area contributed by atoms with E-state index in [1.165, 1.54) is 13.2 Å². The highest BCUT2D eigenvalue weighted by molar-refractivity contribution is 5.88. The second-order valence-corrected chi connectivity index (χ2v) is 7.49. The van der Waals surface area contributed by atoms with Gasteiger partial charge in [0.25, 0.3) is 0 Å². The van der Waals surface area contributed by atoms with Crippen LogP contribution in [-0.2, 0) is 22.6 Å². The number of piperazine rings is 1. The first-order chi connectivity index (χ1) is 14.5. The van der Waals surface area contributed by atoms with Gasteiger partial charge < -0.3 is 15.0 Å². The van der Waals surface area contributed by atoms with E-state index in [1.807, 2.05) is 35.2 Å². The third-order valence-electron chi connectivity index (χ3n) is 5.45. The maximum atomic E-state index is 14.4. The molecule has 0 spiro atoms. The zero-order chi connectivity index (χ0) is 21.5. The molecule has 1 unspecified atom stereocenters. The second kappa shape index (κ2) is 10.2. The van der Waals surface area contributed by atoms with Gasteiger partial charge in [-0.05, 0) is 18.1 Å². The summed E-state index contributed by atoms with van der Waals surface area (Å²) < 4.78 is 19.4. The molecule has 2 aromatic carbocycles. The normalized spacial score (nSPS) is 16.8. The van der Waals surface area contributed by atoms with E-state index in [4.69, 9.17) is 4.74 Å². The van der Waals surface area contributed by atoms with Crippen LogP contribution in [0, 0.1) is 5.82 Å². The highest BCUT2D eigenvalue weighted by Gasteiger charge is 2.32. The Morgan fingerprint density at radius 2 is 2.03 bits per heavy atom. The molecule has 1 fully saturated rings. The van der Waals surface area contributed by atoms with Gasteiger partial charge in [-0.1, -0.05) is 36.4 Å². The monoisotopic (exact) mass is 413 g/mol. The minimum Gasteiger partial charge on any atom is -0.497 e. The van der Waals surface area contributed by atoms with Crippen molar-refractivity contribution >= 4 is 11.8 Å². The molecular weight excluding hydrogens is 385 g/mol. The van der Waals surface area contributed by atoms with Gasteiger partial charge in [-0.15, -0.1) is 0 Å². The number of rotatable bonds is 8. The Kier molecular flexibility index (Phi) is 7.41. The number of ether oxygens (including phenoxy) is 1. The average molecular weight is 413 g/mol. The van der Waals surface area contributed by atoms with E-state index in [0.717, 1.165) is 12.0 Å². The number of halogens is 1. The minimum atomic E-state index is -0.619. The molecule has 1 atom stereocenters. The molecule has 2 amide bonds. The lowest BCUT2D eigenvalue weighted by molar-refractivity contribution is -0.138. The van der Waals surface area contributed by atoms with E-state index in [1.54, 1.807) is 24.1 Å². The lowest BCUT2D eigenvalue weighted by Gasteiger charge is -2.35. The van der Waals surface area contributed by atoms with E-state index < -0.39 is 6.04 Å². The van der Waals surface area contributed by atoms with Crippen LogP contribution in [0.1, 0.15) is 17.5 Å². The minimum absolute atomic E-state index is 0.0644. The third-order valence-corrected chi connectivity index (χ3v) is 5.45. The molecule has 0 bridgehead atoms. The molecule has 1 heterocycles. The molecule has 7 heteroatoms. The van der Waals surface area contributed by atoms with Gasteiger partial charge in [0, 0.05) is 44.9 Å². The Balaban J connectivity index is 1.62. The SMILES string of the molecule is COc1ccc(CN2CCNC(=O)C2CC(=O)N(C)CCc2ccccc2)c(F)c1. The van der Waals surface area contributed by atoms with Crippen LogP contribution in [0.2, 0.25) is 0 Å². The highest BCUT2D eigenvalue weighted by atomic mass is 19.1. The van der Waals surface area contributed by atoms with Gasteiger partial charge in [0.2, 0.25) is 11.8 Å². The summed E-state index contributed by atoms with van der Waals surface area (Å²) in [5.41, 5.74) is 1.63. The van der Waals surface area contributed by atoms with Gasteiger partial charge in [0.05, 0.1) is 19.6 Å². The van der Waals surface area contributed by atoms with Crippen molar-refractivity contribution in [2.24, 2.45) is 0 Å². The van der Waals surface area contributed by atoms with E-state index >= 15 is 0 Å². The maximum Gasteiger partial charge on any atom is 0.237 e. The fourth-order valence-corrected chi connectivity index (χ4v) is 3.56. The first-order valence-electron chi connectivity index (χ1n) is 10.1. The van der Waals surface area contributed by atoms with Crippen molar-refractivity contribution in [2.45, 2.75) is 25.4 Å². The Bertz CT molecular complexity index is 875. The van der Waals surface area contributed by atoms with Crippen LogP contribution in [-0.4, -0.2) is 61.4 Å². The van der Waals surface area contributed by atoms with Gasteiger partial charge in [-0.3, -0.25) is 14.5 Å². The van der Waals surface area contributed by atoms with Crippen LogP contribution in [0.4, 0.5) is 4.39 Å². The van der Waals surface area contributed by atoms with Gasteiger partial charge >= 0.3 is 0 Å². The molecular formula is C23H28FN3O3. The molecule has 2 aromatic rings. The summed E-state index contributed by atoms with van der Waals surface area (Å²) in [7, 11) is 3.23. The summed E-state index contributed by atoms with van der Waals surface area (Å²) in [6.07, 6.45) is 0.815. The number of hydrogen-bond donors (Lipinski definition) is 1. The van der Waals surface area contributed by atoms with Crippen molar-refractivity contribution in [1.29, 1.82) is 0 Å². The van der Waals surface area contributed by atoms with E-state index in [-0.39, 0.29) is 30.6 Å². The summed E-state index contributed by atoms with van der Waals surface area (Å²) in [5, 5.41) is 2.82. The Morgan fingerprint density at radius 3 is 2.73 bits per heavy atom. The number of benzene rings is 2. The van der Waals surface area contributed by atoms with Crippen LogP contribution in [0.3, 0.4) is 0 Å². The molecule has 1 aliphatic rings. The lowest BCUT2D eigenvalue weighted by Crippen LogP contribution is -2.56. The summed E-state index contributed by atoms with van der Waals surface area (Å²) in [4.78, 5) is 28.8. The fourth-order valence-electron chi connectivity index (χ4n) is 3.56. The number of nitrogens with one attached hydrogen (secondary N) is 1. The van der Waals surface area contributed by atoms with Crippen molar-refractivity contribution in [2.75, 3.05) is 33.8 Å². The van der Waals surface area contributed by atoms with Crippen molar-refractivity contribution in [1.82, 2.24) is 15.1 Å². The van der Waals surface area contributed by atoms with Crippen LogP contribution in [0.15, 0.2) is 48.5 Å². The summed E-state index contributed by atoms with van der Waals surface area (Å²) in [6.45, 7) is 1.87. The molecule has 0 aromatic heterocycles. The molecule has 1 saturated heterocycles. The topological polar surface area (TPSA) is 61.9 Å². The van der Waals surface area contributed by atoms with Crippen molar-refractivity contribution in [3.05, 3.63) is 65.5 Å². The lowest BCUT2D eigenvalue weighted by atomic mass is 10.1. The first-order valence-corrected chi connectivity index (χ1v) is 10.1. The van der Waals surface area contributed by atoms with Crippen LogP contribution >= 0.6 is 0 Å². The zero-order valence-corrected chi connectivity index (χ0v) is 17.4. The van der Waals surface area contributed by atoms with Gasteiger partial charge in [-0.25, -0.2) is 4.39 Å². The zero-order valence-electron chi connectivity index (χ0n) is 17.4. The molecule has 0 saturated carbocycles. The standard InChI is InChI=1S/C23H28FN3O3/c1-26(12-10-17-6-4-3-5-7-17)22(28)15-21-23(29)25-11-13-27(21)16-18-8-9-19(30-2)14-20(18)24/h3-9,14,21H,10-13,15-16H2,1-2H3,(H,25,29). The largest absolute Gasteiger partial charge is 0.497 e. The van der Waals surface area contributed by atoms with Gasteiger partial charge in [0.1, 0.15) is 11.6 Å². The maximum absolute atomic E-state index is 14.4. The van der Waals surface area contributed by atoms with Gasteiger partial charge in [0.15, 0.2) is 0 Å². The third kappa shape index (κ3) is 5.57. The predicted octanol–water partition coefficient (Wildman–Crippen LogP) is 2.23. The number of carbonyl (C=O) groups is 2. The van der Waals surface area contributed by atoms with Crippen LogP contribution < -0.4 is 10.1 Å². The molecule has 1 N–H and O–H groups in total. The number of nitrogens with zero attached hydrogens (tertiary/aromatic N) is 2. The molecule has 160 valence electrons. The van der Waals surface area contributed by atoms with E-state index in [0.29, 0.717) is 30.9 Å². The number of likely N-dealkylation sites (N-methyl/N-ethyl adjacent to an activating group) is 1. The van der Waals surface area contributed by atoms with Crippen LogP contribution in [0.25, 0.3) is 0 Å². The average Bonchev–Trinajstić information content (AvgIpc) is 2.76. The fraction of sp³-hybridized carbons (Fsp3) is 0.391. The predicted molar refractivity (Wildman–Crippen MR) is 113 cm³/mol. The first kappa shape index (κ1) is 21.8. The number of carbonyl (C=O) groups excluding carboxylic acids is 2. The molecule has 0 radical (unpaired) electrons. The summed E-state index contributed by atoms with van der Waals surface area (Å²) in [5.74, 6) is -0.238. The molecule has 6 nitrogen and oxygen atoms in total. The number of hydrogen-bond acceptors (Lipinski definition) is 4. The Hall–Kier alpha value is -2.93. The molecule has 3 rings (SSSR count). The smallest absolute Gasteiger partial charge is 0.237 e. The quantitative estimate of drug-likeness (QED) is 0.721. The van der Waals surface area contributed by atoms with Crippen LogP contribution in [0.5, 0.6) is 5.75 Å². The number of methoxy groups -OCH3 is 1.